The van der Waals surface area contributed by atoms with Crippen LogP contribution < -0.4 is 10.5 Å². The fourth-order valence-electron chi connectivity index (χ4n) is 2.01. The molecule has 1 aliphatic rings. The Balaban J connectivity index is 1.80. The van der Waals surface area contributed by atoms with Crippen LogP contribution >= 0.6 is 11.8 Å². The third-order valence-electron chi connectivity index (χ3n) is 3.14. The van der Waals surface area contributed by atoms with Crippen LogP contribution in [0.15, 0.2) is 69.4 Å². The predicted molar refractivity (Wildman–Crippen MR) is 95.1 cm³/mol. The quantitative estimate of drug-likeness (QED) is 0.820. The van der Waals surface area contributed by atoms with E-state index in [1.165, 1.54) is 36.0 Å². The molecular formula is C16H13N3O3S2. The maximum atomic E-state index is 12.0. The molecule has 8 heteroatoms. The molecule has 1 heterocycles. The molecule has 0 saturated carbocycles. The summed E-state index contributed by atoms with van der Waals surface area (Å²) in [5.41, 5.74) is 1.44. The largest absolute Gasteiger partial charge is 0.300 e. The van der Waals surface area contributed by atoms with E-state index in [2.05, 4.69) is 10.3 Å². The SMILES string of the molecule is NS(=O)(=O)c1ccc(N=C2NC(=O)/C(=C/c3ccccc3)S2)cc1. The summed E-state index contributed by atoms with van der Waals surface area (Å²) in [6, 6.07) is 15.3. The van der Waals surface area contributed by atoms with Gasteiger partial charge in [0.25, 0.3) is 5.91 Å². The van der Waals surface area contributed by atoms with Gasteiger partial charge in [-0.1, -0.05) is 30.3 Å². The van der Waals surface area contributed by atoms with Gasteiger partial charge in [-0.05, 0) is 47.7 Å². The zero-order chi connectivity index (χ0) is 17.2. The summed E-state index contributed by atoms with van der Waals surface area (Å²) in [4.78, 5) is 16.8. The summed E-state index contributed by atoms with van der Waals surface area (Å²) in [5, 5.41) is 8.16. The van der Waals surface area contributed by atoms with E-state index in [1.54, 1.807) is 6.08 Å². The van der Waals surface area contributed by atoms with Crippen LogP contribution in [0.4, 0.5) is 5.69 Å². The standard InChI is InChI=1S/C16H13N3O3S2/c17-24(21,22)13-8-6-12(7-9-13)18-16-19-15(20)14(23-16)10-11-4-2-1-3-5-11/h1-10H,(H2,17,21,22)(H,18,19,20)/b14-10-. The lowest BCUT2D eigenvalue weighted by atomic mass is 10.2. The van der Waals surface area contributed by atoms with Crippen LogP contribution in [0.2, 0.25) is 0 Å². The van der Waals surface area contributed by atoms with Crippen LogP contribution in [0.5, 0.6) is 0 Å². The van der Waals surface area contributed by atoms with E-state index >= 15 is 0 Å². The van der Waals surface area contributed by atoms with Crippen LogP contribution in [-0.4, -0.2) is 19.5 Å². The number of nitrogens with zero attached hydrogens (tertiary/aromatic N) is 1. The second-order valence-corrected chi connectivity index (χ2v) is 7.52. The summed E-state index contributed by atoms with van der Waals surface area (Å²) in [7, 11) is -3.73. The molecule has 0 atom stereocenters. The first-order chi connectivity index (χ1) is 11.4. The maximum absolute atomic E-state index is 12.0. The topological polar surface area (TPSA) is 102 Å². The molecule has 0 aliphatic carbocycles. The molecule has 0 spiro atoms. The average Bonchev–Trinajstić information content (AvgIpc) is 2.87. The second-order valence-electron chi connectivity index (χ2n) is 4.93. The van der Waals surface area contributed by atoms with Crippen LogP contribution in [0.1, 0.15) is 5.56 Å². The van der Waals surface area contributed by atoms with Crippen LogP contribution in [0.25, 0.3) is 6.08 Å². The molecule has 0 radical (unpaired) electrons. The zero-order valence-corrected chi connectivity index (χ0v) is 14.0. The lowest BCUT2D eigenvalue weighted by Gasteiger charge is -1.99. The first-order valence-electron chi connectivity index (χ1n) is 6.89. The Hall–Kier alpha value is -2.42. The van der Waals surface area contributed by atoms with Gasteiger partial charge in [-0.2, -0.15) is 0 Å². The lowest BCUT2D eigenvalue weighted by Crippen LogP contribution is -2.19. The molecule has 24 heavy (non-hydrogen) atoms. The third kappa shape index (κ3) is 3.91. The fraction of sp³-hybridized carbons (Fsp3) is 0. The minimum Gasteiger partial charge on any atom is -0.300 e. The molecule has 0 unspecified atom stereocenters. The Morgan fingerprint density at radius 1 is 1.04 bits per heavy atom. The summed E-state index contributed by atoms with van der Waals surface area (Å²) >= 11 is 1.23. The molecular weight excluding hydrogens is 346 g/mol. The van der Waals surface area contributed by atoms with E-state index < -0.39 is 10.0 Å². The number of benzene rings is 2. The number of hydrogen-bond acceptors (Lipinski definition) is 5. The first-order valence-corrected chi connectivity index (χ1v) is 9.25. The highest BCUT2D eigenvalue weighted by Gasteiger charge is 2.23. The maximum Gasteiger partial charge on any atom is 0.264 e. The predicted octanol–water partition coefficient (Wildman–Crippen LogP) is 2.23. The summed E-state index contributed by atoms with van der Waals surface area (Å²) in [6.07, 6.45) is 1.78. The van der Waals surface area contributed by atoms with Crippen molar-refractivity contribution in [2.45, 2.75) is 4.90 Å². The molecule has 1 saturated heterocycles. The van der Waals surface area contributed by atoms with Crippen LogP contribution in [0.3, 0.4) is 0 Å². The first kappa shape index (κ1) is 16.4. The van der Waals surface area contributed by atoms with Gasteiger partial charge < -0.3 is 5.32 Å². The monoisotopic (exact) mass is 359 g/mol. The highest BCUT2D eigenvalue weighted by Crippen LogP contribution is 2.28. The zero-order valence-electron chi connectivity index (χ0n) is 12.3. The Kier molecular flexibility index (Phi) is 4.52. The van der Waals surface area contributed by atoms with Crippen molar-refractivity contribution in [1.82, 2.24) is 5.32 Å². The summed E-state index contributed by atoms with van der Waals surface area (Å²) < 4.78 is 22.4. The van der Waals surface area contributed by atoms with E-state index in [1.807, 2.05) is 30.3 Å². The Bertz CT molecular complexity index is 934. The van der Waals surface area contributed by atoms with Gasteiger partial charge in [-0.25, -0.2) is 18.5 Å². The number of nitrogens with two attached hydrogens (primary N) is 1. The van der Waals surface area contributed by atoms with Crippen molar-refractivity contribution in [2.24, 2.45) is 10.1 Å². The van der Waals surface area contributed by atoms with E-state index in [4.69, 9.17) is 5.14 Å². The van der Waals surface area contributed by atoms with Crippen molar-refractivity contribution >= 4 is 44.6 Å². The molecule has 1 fully saturated rings. The number of primary sulfonamides is 1. The van der Waals surface area contributed by atoms with Gasteiger partial charge in [0.15, 0.2) is 5.17 Å². The van der Waals surface area contributed by atoms with Gasteiger partial charge >= 0.3 is 0 Å². The van der Waals surface area contributed by atoms with Crippen molar-refractivity contribution in [3.63, 3.8) is 0 Å². The molecule has 3 N–H and O–H groups in total. The molecule has 0 aromatic heterocycles. The molecule has 1 amide bonds. The highest BCUT2D eigenvalue weighted by atomic mass is 32.2. The fourth-order valence-corrected chi connectivity index (χ4v) is 3.37. The molecule has 3 rings (SSSR count). The van der Waals surface area contributed by atoms with Gasteiger partial charge in [-0.3, -0.25) is 4.79 Å². The van der Waals surface area contributed by atoms with Gasteiger partial charge in [0.2, 0.25) is 10.0 Å². The number of rotatable bonds is 3. The Labute approximate surface area is 143 Å². The van der Waals surface area contributed by atoms with Crippen LogP contribution in [0, 0.1) is 0 Å². The van der Waals surface area contributed by atoms with Gasteiger partial charge in [-0.15, -0.1) is 0 Å². The molecule has 0 bridgehead atoms. The number of thioether (sulfide) groups is 1. The third-order valence-corrected chi connectivity index (χ3v) is 4.98. The minimum atomic E-state index is -3.73. The Morgan fingerprint density at radius 3 is 2.33 bits per heavy atom. The molecule has 1 aliphatic heterocycles. The number of amides is 1. The number of amidine groups is 1. The molecule has 2 aromatic carbocycles. The van der Waals surface area contributed by atoms with Gasteiger partial charge in [0.1, 0.15) is 0 Å². The number of carbonyl (C=O) groups is 1. The number of carbonyl (C=O) groups excluding carboxylic acids is 1. The van der Waals surface area contributed by atoms with Crippen molar-refractivity contribution in [3.05, 3.63) is 65.1 Å². The van der Waals surface area contributed by atoms with Crippen molar-refractivity contribution in [3.8, 4) is 0 Å². The average molecular weight is 359 g/mol. The van der Waals surface area contributed by atoms with Gasteiger partial charge in [0.05, 0.1) is 15.5 Å². The van der Waals surface area contributed by atoms with E-state index in [0.29, 0.717) is 15.8 Å². The normalized spacial score (nSPS) is 18.1. The summed E-state index contributed by atoms with van der Waals surface area (Å²) in [5.74, 6) is -0.219. The minimum absolute atomic E-state index is 0.0132. The Morgan fingerprint density at radius 2 is 1.71 bits per heavy atom. The molecule has 2 aromatic rings. The van der Waals surface area contributed by atoms with Gasteiger partial charge in [0, 0.05) is 0 Å². The van der Waals surface area contributed by atoms with E-state index in [0.717, 1.165) is 5.56 Å². The number of sulfonamides is 1. The molecule has 122 valence electrons. The van der Waals surface area contributed by atoms with Crippen molar-refractivity contribution < 1.29 is 13.2 Å². The number of aliphatic imine (C=N–C) groups is 1. The molecule has 6 nitrogen and oxygen atoms in total. The second kappa shape index (κ2) is 6.60. The lowest BCUT2D eigenvalue weighted by molar-refractivity contribution is -0.115. The number of hydrogen-bond donors (Lipinski definition) is 2. The number of nitrogens with one attached hydrogen (secondary N) is 1. The van der Waals surface area contributed by atoms with E-state index in [9.17, 15) is 13.2 Å². The van der Waals surface area contributed by atoms with Crippen LogP contribution in [-0.2, 0) is 14.8 Å². The summed E-state index contributed by atoms with van der Waals surface area (Å²) in [6.45, 7) is 0. The highest BCUT2D eigenvalue weighted by molar-refractivity contribution is 8.18. The van der Waals surface area contributed by atoms with Crippen molar-refractivity contribution in [2.75, 3.05) is 0 Å². The van der Waals surface area contributed by atoms with Crippen molar-refractivity contribution in [1.29, 1.82) is 0 Å². The van der Waals surface area contributed by atoms with E-state index in [-0.39, 0.29) is 10.8 Å². The smallest absolute Gasteiger partial charge is 0.264 e.